The summed E-state index contributed by atoms with van der Waals surface area (Å²) in [6.45, 7) is -0.428. The van der Waals surface area contributed by atoms with Gasteiger partial charge in [-0.3, -0.25) is 20.2 Å². The number of carbonyl (C=O) groups is 1. The van der Waals surface area contributed by atoms with Gasteiger partial charge in [-0.25, -0.2) is 4.98 Å². The van der Waals surface area contributed by atoms with Crippen molar-refractivity contribution in [1.82, 2.24) is 10.3 Å². The molecule has 0 aliphatic carbocycles. The Bertz CT molecular complexity index is 1040. The summed E-state index contributed by atoms with van der Waals surface area (Å²) in [4.78, 5) is 26.6. The number of ether oxygens (including phenoxy) is 1. The number of benzene rings is 2. The standard InChI is InChI=1S/C16H11ClN4O4S2/c17-9-5-6-10-13(7-9)27-16(18-10)20-15(26)19-14(22)8-25-12-4-2-1-3-11(12)21(23)24/h1-7H,8H2,(H2,18,19,20,22,26). The van der Waals surface area contributed by atoms with E-state index in [2.05, 4.69) is 15.6 Å². The lowest BCUT2D eigenvalue weighted by molar-refractivity contribution is -0.385. The first kappa shape index (κ1) is 19.0. The molecule has 0 bridgehead atoms. The molecule has 0 atom stereocenters. The van der Waals surface area contributed by atoms with Crippen molar-refractivity contribution in [3.05, 3.63) is 57.6 Å². The molecule has 138 valence electrons. The molecule has 1 aromatic heterocycles. The van der Waals surface area contributed by atoms with Crippen molar-refractivity contribution in [2.45, 2.75) is 0 Å². The molecule has 0 spiro atoms. The number of rotatable bonds is 5. The van der Waals surface area contributed by atoms with E-state index in [1.54, 1.807) is 24.3 Å². The van der Waals surface area contributed by atoms with Crippen molar-refractivity contribution < 1.29 is 14.5 Å². The van der Waals surface area contributed by atoms with Crippen molar-refractivity contribution in [3.8, 4) is 5.75 Å². The van der Waals surface area contributed by atoms with Crippen LogP contribution in [0.5, 0.6) is 5.75 Å². The van der Waals surface area contributed by atoms with Gasteiger partial charge < -0.3 is 10.1 Å². The lowest BCUT2D eigenvalue weighted by atomic mass is 10.3. The summed E-state index contributed by atoms with van der Waals surface area (Å²) >= 11 is 12.3. The van der Waals surface area contributed by atoms with Crippen LogP contribution in [0.2, 0.25) is 5.02 Å². The summed E-state index contributed by atoms with van der Waals surface area (Å²) in [5.41, 5.74) is 0.528. The van der Waals surface area contributed by atoms with Gasteiger partial charge in [-0.05, 0) is 36.5 Å². The third-order valence-electron chi connectivity index (χ3n) is 3.24. The van der Waals surface area contributed by atoms with E-state index in [9.17, 15) is 14.9 Å². The van der Waals surface area contributed by atoms with Gasteiger partial charge in [-0.15, -0.1) is 0 Å². The number of amides is 1. The number of hydrogen-bond acceptors (Lipinski definition) is 7. The predicted molar refractivity (Wildman–Crippen MR) is 108 cm³/mol. The molecule has 3 aromatic rings. The summed E-state index contributed by atoms with van der Waals surface area (Å²) < 4.78 is 6.08. The highest BCUT2D eigenvalue weighted by atomic mass is 35.5. The molecule has 3 rings (SSSR count). The average molecular weight is 423 g/mol. The molecule has 8 nitrogen and oxygen atoms in total. The quantitative estimate of drug-likeness (QED) is 0.366. The third kappa shape index (κ3) is 4.88. The Hall–Kier alpha value is -2.82. The highest BCUT2D eigenvalue weighted by Crippen LogP contribution is 2.28. The van der Waals surface area contributed by atoms with Crippen molar-refractivity contribution in [3.63, 3.8) is 0 Å². The number of nitro groups is 1. The Balaban J connectivity index is 1.56. The number of aromatic nitrogens is 1. The van der Waals surface area contributed by atoms with Gasteiger partial charge in [-0.1, -0.05) is 35.1 Å². The van der Waals surface area contributed by atoms with Gasteiger partial charge in [0.05, 0.1) is 15.1 Å². The van der Waals surface area contributed by atoms with E-state index in [-0.39, 0.29) is 16.5 Å². The van der Waals surface area contributed by atoms with Crippen LogP contribution in [0.3, 0.4) is 0 Å². The minimum absolute atomic E-state index is 0.000390. The first-order valence-corrected chi connectivity index (χ1v) is 9.06. The molecule has 0 fully saturated rings. The molecular weight excluding hydrogens is 412 g/mol. The van der Waals surface area contributed by atoms with Crippen LogP contribution in [-0.4, -0.2) is 27.5 Å². The van der Waals surface area contributed by atoms with Gasteiger partial charge in [0.2, 0.25) is 0 Å². The maximum absolute atomic E-state index is 11.9. The molecule has 0 unspecified atom stereocenters. The third-order valence-corrected chi connectivity index (χ3v) is 4.62. The maximum Gasteiger partial charge on any atom is 0.310 e. The first-order chi connectivity index (χ1) is 12.9. The summed E-state index contributed by atoms with van der Waals surface area (Å²) in [6.07, 6.45) is 0. The van der Waals surface area contributed by atoms with Crippen LogP contribution in [0.1, 0.15) is 0 Å². The topological polar surface area (TPSA) is 106 Å². The molecule has 0 saturated heterocycles. The second-order valence-electron chi connectivity index (χ2n) is 5.15. The number of nitrogens with zero attached hydrogens (tertiary/aromatic N) is 2. The van der Waals surface area contributed by atoms with Gasteiger partial charge in [-0.2, -0.15) is 0 Å². The number of thiocarbonyl (C=S) groups is 1. The number of nitro benzene ring substituents is 1. The fraction of sp³-hybridized carbons (Fsp3) is 0.0625. The monoisotopic (exact) mass is 422 g/mol. The smallest absolute Gasteiger partial charge is 0.310 e. The minimum Gasteiger partial charge on any atom is -0.477 e. The molecule has 2 aromatic carbocycles. The highest BCUT2D eigenvalue weighted by molar-refractivity contribution is 7.80. The zero-order valence-electron chi connectivity index (χ0n) is 13.5. The average Bonchev–Trinajstić information content (AvgIpc) is 3.01. The molecule has 27 heavy (non-hydrogen) atoms. The molecule has 0 radical (unpaired) electrons. The highest BCUT2D eigenvalue weighted by Gasteiger charge is 2.15. The molecule has 1 heterocycles. The maximum atomic E-state index is 11.9. The summed E-state index contributed by atoms with van der Waals surface area (Å²) in [6, 6.07) is 11.1. The van der Waals surface area contributed by atoms with Crippen LogP contribution < -0.4 is 15.4 Å². The Labute approximate surface area is 167 Å². The molecule has 11 heteroatoms. The Morgan fingerprint density at radius 3 is 2.89 bits per heavy atom. The Morgan fingerprint density at radius 1 is 1.33 bits per heavy atom. The van der Waals surface area contributed by atoms with Crippen LogP contribution in [0.15, 0.2) is 42.5 Å². The number of hydrogen-bond donors (Lipinski definition) is 2. The van der Waals surface area contributed by atoms with Gasteiger partial charge in [0.25, 0.3) is 5.91 Å². The molecule has 0 aliphatic heterocycles. The van der Waals surface area contributed by atoms with Crippen LogP contribution in [-0.2, 0) is 4.79 Å². The van der Waals surface area contributed by atoms with E-state index in [1.807, 2.05) is 0 Å². The van der Waals surface area contributed by atoms with Crippen LogP contribution in [0.4, 0.5) is 10.8 Å². The summed E-state index contributed by atoms with van der Waals surface area (Å²) in [5, 5.41) is 17.3. The summed E-state index contributed by atoms with van der Waals surface area (Å²) in [5.74, 6) is -0.561. The Kier molecular flexibility index (Phi) is 5.79. The van der Waals surface area contributed by atoms with Crippen molar-refractivity contribution >= 4 is 67.2 Å². The second-order valence-corrected chi connectivity index (χ2v) is 7.02. The number of halogens is 1. The van der Waals surface area contributed by atoms with E-state index < -0.39 is 17.4 Å². The molecule has 2 N–H and O–H groups in total. The minimum atomic E-state index is -0.585. The SMILES string of the molecule is O=C(COc1ccccc1[N+](=O)[O-])NC(=S)Nc1nc2ccc(Cl)cc2s1. The number of carbonyl (C=O) groups excluding carboxylic acids is 1. The molecule has 0 aliphatic rings. The second kappa shape index (κ2) is 8.25. The number of anilines is 1. The molecule has 0 saturated carbocycles. The van der Waals surface area contributed by atoms with Gasteiger partial charge >= 0.3 is 5.69 Å². The lowest BCUT2D eigenvalue weighted by Gasteiger charge is -2.08. The van der Waals surface area contributed by atoms with Gasteiger partial charge in [0, 0.05) is 11.1 Å². The Morgan fingerprint density at radius 2 is 2.11 bits per heavy atom. The summed E-state index contributed by atoms with van der Waals surface area (Å²) in [7, 11) is 0. The predicted octanol–water partition coefficient (Wildman–Crippen LogP) is 3.75. The van der Waals surface area contributed by atoms with E-state index in [0.717, 1.165) is 10.2 Å². The van der Waals surface area contributed by atoms with E-state index in [0.29, 0.717) is 10.2 Å². The van der Waals surface area contributed by atoms with E-state index in [4.69, 9.17) is 28.6 Å². The van der Waals surface area contributed by atoms with Crippen molar-refractivity contribution in [2.75, 3.05) is 11.9 Å². The zero-order valence-corrected chi connectivity index (χ0v) is 15.9. The van der Waals surface area contributed by atoms with Crippen LogP contribution in [0, 0.1) is 10.1 Å². The van der Waals surface area contributed by atoms with E-state index in [1.165, 1.54) is 29.5 Å². The number of thiazole rings is 1. The van der Waals surface area contributed by atoms with Gasteiger partial charge in [0.15, 0.2) is 22.6 Å². The number of fused-ring (bicyclic) bond motifs is 1. The fourth-order valence-corrected chi connectivity index (χ4v) is 3.54. The number of nitrogens with one attached hydrogen (secondary N) is 2. The largest absolute Gasteiger partial charge is 0.477 e. The number of para-hydroxylation sites is 2. The molecular formula is C16H11ClN4O4S2. The van der Waals surface area contributed by atoms with Gasteiger partial charge in [0.1, 0.15) is 0 Å². The van der Waals surface area contributed by atoms with Crippen LogP contribution >= 0.6 is 35.2 Å². The lowest BCUT2D eigenvalue weighted by Crippen LogP contribution is -2.37. The fourth-order valence-electron chi connectivity index (χ4n) is 2.12. The van der Waals surface area contributed by atoms with Crippen molar-refractivity contribution in [1.29, 1.82) is 0 Å². The molecule has 1 amide bonds. The first-order valence-electron chi connectivity index (χ1n) is 7.45. The van der Waals surface area contributed by atoms with Crippen LogP contribution in [0.25, 0.3) is 10.2 Å². The normalized spacial score (nSPS) is 10.4. The zero-order chi connectivity index (χ0) is 19.4. The van der Waals surface area contributed by atoms with Crippen molar-refractivity contribution in [2.24, 2.45) is 0 Å². The van der Waals surface area contributed by atoms with E-state index >= 15 is 0 Å².